The molecule has 0 heterocycles. The van der Waals surface area contributed by atoms with Crippen molar-refractivity contribution in [3.8, 4) is 0 Å². The van der Waals surface area contributed by atoms with Crippen molar-refractivity contribution in [1.82, 2.24) is 0 Å². The van der Waals surface area contributed by atoms with E-state index in [2.05, 4.69) is 72.6 Å². The lowest BCUT2D eigenvalue weighted by atomic mass is 10.0. The topological polar surface area (TPSA) is 0 Å². The molecule has 0 radical (unpaired) electrons. The summed E-state index contributed by atoms with van der Waals surface area (Å²) in [6.45, 7) is 11.6. The molecule has 2 heteroatoms. The van der Waals surface area contributed by atoms with Crippen LogP contribution in [0.4, 0.5) is 0 Å². The van der Waals surface area contributed by atoms with Crippen LogP contribution in [-0.4, -0.2) is 4.32 Å². The van der Waals surface area contributed by atoms with Crippen molar-refractivity contribution in [2.45, 2.75) is 64.6 Å². The van der Waals surface area contributed by atoms with Gasteiger partial charge >= 0.3 is 0 Å². The molecule has 1 saturated carbocycles. The lowest BCUT2D eigenvalue weighted by Crippen LogP contribution is -2.09. The average Bonchev–Trinajstić information content (AvgIpc) is 2.52. The quantitative estimate of drug-likeness (QED) is 0.418. The molecule has 0 spiro atoms. The number of alkyl halides is 1. The van der Waals surface area contributed by atoms with Gasteiger partial charge in [0.25, 0.3) is 0 Å². The molecule has 0 nitrogen and oxygen atoms in total. The minimum Gasteiger partial charge on any atom is -0.0783 e. The van der Waals surface area contributed by atoms with Gasteiger partial charge in [0.05, 0.1) is 4.32 Å². The molecule has 0 aromatic heterocycles. The van der Waals surface area contributed by atoms with Gasteiger partial charge in [-0.15, -0.1) is 0 Å². The van der Waals surface area contributed by atoms with Crippen molar-refractivity contribution in [1.29, 1.82) is 0 Å². The van der Waals surface area contributed by atoms with Gasteiger partial charge in [0.15, 0.2) is 0 Å². The van der Waals surface area contributed by atoms with Crippen molar-refractivity contribution < 1.29 is 0 Å². The lowest BCUT2D eigenvalue weighted by molar-refractivity contribution is 0.457. The van der Waals surface area contributed by atoms with Crippen LogP contribution in [0.15, 0.2) is 10.6 Å². The predicted octanol–water partition coefficient (Wildman–Crippen LogP) is 6.05. The van der Waals surface area contributed by atoms with Gasteiger partial charge in [-0.05, 0) is 23.7 Å². The highest BCUT2D eigenvalue weighted by Crippen LogP contribution is 2.79. The Bertz CT molecular complexity index is 273. The van der Waals surface area contributed by atoms with Gasteiger partial charge in [-0.2, -0.15) is 0 Å². The summed E-state index contributed by atoms with van der Waals surface area (Å²) in [6.07, 6.45) is 7.48. The summed E-state index contributed by atoms with van der Waals surface area (Å²) >= 11 is 7.73. The largest absolute Gasteiger partial charge is 0.0783 e. The van der Waals surface area contributed by atoms with Crippen LogP contribution < -0.4 is 0 Å². The number of hydrogen-bond acceptors (Lipinski definition) is 0. The molecule has 0 amide bonds. The van der Waals surface area contributed by atoms with Crippen LogP contribution in [-0.2, 0) is 0 Å². The van der Waals surface area contributed by atoms with E-state index in [0.717, 1.165) is 0 Å². The van der Waals surface area contributed by atoms with E-state index >= 15 is 0 Å². The average molecular weight is 352 g/mol. The summed E-state index contributed by atoms with van der Waals surface area (Å²) in [6, 6.07) is 0. The first-order valence-electron chi connectivity index (χ1n) is 6.28. The molecular formula is C14H24Br2. The first kappa shape index (κ1) is 14.8. The van der Waals surface area contributed by atoms with E-state index in [-0.39, 0.29) is 4.32 Å². The second-order valence-electron chi connectivity index (χ2n) is 5.96. The highest BCUT2D eigenvalue weighted by atomic mass is 79.9. The Hall–Kier alpha value is 0.700. The van der Waals surface area contributed by atoms with E-state index in [9.17, 15) is 0 Å². The zero-order valence-corrected chi connectivity index (χ0v) is 14.3. The molecule has 1 fully saturated rings. The Morgan fingerprint density at radius 1 is 1.06 bits per heavy atom. The van der Waals surface area contributed by atoms with E-state index in [1.165, 1.54) is 30.2 Å². The summed E-state index contributed by atoms with van der Waals surface area (Å²) in [5.41, 5.74) is 0.639. The number of rotatable bonds is 5. The first-order valence-corrected chi connectivity index (χ1v) is 7.87. The molecule has 1 aliphatic rings. The smallest absolute Gasteiger partial charge is 0.0680 e. The summed E-state index contributed by atoms with van der Waals surface area (Å²) in [5.74, 6) is 0. The van der Waals surface area contributed by atoms with E-state index < -0.39 is 0 Å². The SMILES string of the molecule is CCCCC/C=C(\Br)C1(Br)C(C)(C)C1(C)C. The summed E-state index contributed by atoms with van der Waals surface area (Å²) in [4.78, 5) is 0. The van der Waals surface area contributed by atoms with Gasteiger partial charge in [0, 0.05) is 4.48 Å². The van der Waals surface area contributed by atoms with Crippen molar-refractivity contribution in [3.05, 3.63) is 10.6 Å². The maximum Gasteiger partial charge on any atom is 0.0680 e. The Balaban J connectivity index is 2.66. The van der Waals surface area contributed by atoms with Crippen molar-refractivity contribution in [3.63, 3.8) is 0 Å². The van der Waals surface area contributed by atoms with Crippen LogP contribution in [0, 0.1) is 10.8 Å². The third-order valence-corrected chi connectivity index (χ3v) is 8.54. The summed E-state index contributed by atoms with van der Waals surface area (Å²) in [7, 11) is 0. The van der Waals surface area contributed by atoms with Gasteiger partial charge in [-0.25, -0.2) is 0 Å². The van der Waals surface area contributed by atoms with Crippen LogP contribution in [0.1, 0.15) is 60.3 Å². The van der Waals surface area contributed by atoms with Gasteiger partial charge in [-0.3, -0.25) is 0 Å². The molecular weight excluding hydrogens is 328 g/mol. The number of hydrogen-bond donors (Lipinski definition) is 0. The summed E-state index contributed by atoms with van der Waals surface area (Å²) in [5, 5.41) is 0. The Morgan fingerprint density at radius 2 is 1.56 bits per heavy atom. The maximum atomic E-state index is 3.95. The molecule has 1 rings (SSSR count). The third kappa shape index (κ3) is 1.94. The first-order chi connectivity index (χ1) is 7.23. The molecule has 0 aromatic carbocycles. The second-order valence-corrected chi connectivity index (χ2v) is 8.00. The van der Waals surface area contributed by atoms with E-state index in [1.54, 1.807) is 0 Å². The third-order valence-electron chi connectivity index (χ3n) is 4.68. The second kappa shape index (κ2) is 4.76. The van der Waals surface area contributed by atoms with Crippen LogP contribution in [0.3, 0.4) is 0 Å². The minimum atomic E-state index is 0.138. The minimum absolute atomic E-state index is 0.138. The highest BCUT2D eigenvalue weighted by Gasteiger charge is 2.77. The monoisotopic (exact) mass is 350 g/mol. The molecule has 94 valence electrons. The van der Waals surface area contributed by atoms with E-state index in [4.69, 9.17) is 0 Å². The fourth-order valence-electron chi connectivity index (χ4n) is 2.60. The lowest BCUT2D eigenvalue weighted by Gasteiger charge is -2.13. The van der Waals surface area contributed by atoms with Crippen LogP contribution in [0.25, 0.3) is 0 Å². The van der Waals surface area contributed by atoms with Crippen LogP contribution >= 0.6 is 31.9 Å². The normalized spacial score (nSPS) is 25.6. The fraction of sp³-hybridized carbons (Fsp3) is 0.857. The van der Waals surface area contributed by atoms with E-state index in [1.807, 2.05) is 0 Å². The van der Waals surface area contributed by atoms with Gasteiger partial charge in [-0.1, -0.05) is 85.4 Å². The standard InChI is InChI=1S/C14H24Br2/c1-6-7-8-9-10-11(15)14(16)12(2,3)13(14,4)5/h10H,6-9H2,1-5H3/b11-10-. The Labute approximate surface area is 118 Å². The van der Waals surface area contributed by atoms with E-state index in [0.29, 0.717) is 10.8 Å². The van der Waals surface area contributed by atoms with Crippen molar-refractivity contribution >= 4 is 31.9 Å². The van der Waals surface area contributed by atoms with Gasteiger partial charge in [0.2, 0.25) is 0 Å². The molecule has 0 N–H and O–H groups in total. The molecule has 0 saturated heterocycles. The fourth-order valence-corrected chi connectivity index (χ4v) is 4.88. The number of unbranched alkanes of at least 4 members (excludes halogenated alkanes) is 3. The summed E-state index contributed by atoms with van der Waals surface area (Å²) < 4.78 is 1.48. The van der Waals surface area contributed by atoms with Gasteiger partial charge in [0.1, 0.15) is 0 Å². The molecule has 0 atom stereocenters. The molecule has 1 aliphatic carbocycles. The zero-order chi connectivity index (χ0) is 12.6. The molecule has 0 bridgehead atoms. The molecule has 16 heavy (non-hydrogen) atoms. The Kier molecular flexibility index (Phi) is 4.39. The maximum absolute atomic E-state index is 3.95. The molecule has 0 aromatic rings. The van der Waals surface area contributed by atoms with Gasteiger partial charge < -0.3 is 0 Å². The highest BCUT2D eigenvalue weighted by molar-refractivity contribution is 9.14. The van der Waals surface area contributed by atoms with Crippen molar-refractivity contribution in [2.75, 3.05) is 0 Å². The zero-order valence-electron chi connectivity index (χ0n) is 11.2. The van der Waals surface area contributed by atoms with Crippen LogP contribution in [0.2, 0.25) is 0 Å². The molecule has 0 unspecified atom stereocenters. The molecule has 0 aliphatic heterocycles. The Morgan fingerprint density at radius 3 is 1.94 bits per heavy atom. The number of halogens is 2. The van der Waals surface area contributed by atoms with Crippen molar-refractivity contribution in [2.24, 2.45) is 10.8 Å². The van der Waals surface area contributed by atoms with Crippen LogP contribution in [0.5, 0.6) is 0 Å². The number of allylic oxidation sites excluding steroid dienone is 2. The predicted molar refractivity (Wildman–Crippen MR) is 80.4 cm³/mol.